The van der Waals surface area contributed by atoms with Gasteiger partial charge >= 0.3 is 0 Å². The van der Waals surface area contributed by atoms with Crippen LogP contribution >= 0.6 is 0 Å². The first-order valence-corrected chi connectivity index (χ1v) is 9.02. The van der Waals surface area contributed by atoms with Crippen molar-refractivity contribution in [2.45, 2.75) is 32.4 Å². The van der Waals surface area contributed by atoms with Crippen LogP contribution in [0.3, 0.4) is 0 Å². The van der Waals surface area contributed by atoms with Crippen LogP contribution in [0.4, 0.5) is 5.69 Å². The fourth-order valence-electron chi connectivity index (χ4n) is 3.01. The van der Waals surface area contributed by atoms with Crippen LogP contribution in [0.5, 0.6) is 11.5 Å². The van der Waals surface area contributed by atoms with E-state index in [2.05, 4.69) is 5.32 Å². The number of hydrogen-bond donors (Lipinski definition) is 1. The highest BCUT2D eigenvalue weighted by atomic mass is 16.5. The van der Waals surface area contributed by atoms with Crippen LogP contribution in [0.2, 0.25) is 0 Å². The van der Waals surface area contributed by atoms with Gasteiger partial charge in [0.2, 0.25) is 11.8 Å². The second-order valence-corrected chi connectivity index (χ2v) is 6.53. The van der Waals surface area contributed by atoms with Gasteiger partial charge in [0.15, 0.2) is 0 Å². The number of carbonyl (C=O) groups excluding carboxylic acids is 2. The predicted molar refractivity (Wildman–Crippen MR) is 103 cm³/mol. The van der Waals surface area contributed by atoms with Gasteiger partial charge in [-0.25, -0.2) is 0 Å². The van der Waals surface area contributed by atoms with E-state index in [-0.39, 0.29) is 30.8 Å². The van der Waals surface area contributed by atoms with Gasteiger partial charge in [-0.15, -0.1) is 0 Å². The zero-order valence-corrected chi connectivity index (χ0v) is 15.6. The Hall–Kier alpha value is -3.02. The normalized spacial score (nSPS) is 15.5. The molecule has 27 heavy (non-hydrogen) atoms. The van der Waals surface area contributed by atoms with E-state index in [0.717, 1.165) is 17.0 Å². The van der Waals surface area contributed by atoms with Crippen LogP contribution in [0.25, 0.3) is 0 Å². The molecule has 0 bridgehead atoms. The number of amides is 2. The van der Waals surface area contributed by atoms with E-state index in [1.165, 1.54) is 0 Å². The lowest BCUT2D eigenvalue weighted by molar-refractivity contribution is -0.125. The van der Waals surface area contributed by atoms with Gasteiger partial charge in [-0.2, -0.15) is 0 Å². The predicted octanol–water partition coefficient (Wildman–Crippen LogP) is 2.91. The van der Waals surface area contributed by atoms with Crippen molar-refractivity contribution < 1.29 is 19.1 Å². The van der Waals surface area contributed by atoms with Gasteiger partial charge in [0.05, 0.1) is 19.3 Å². The van der Waals surface area contributed by atoms with Crippen molar-refractivity contribution >= 4 is 17.5 Å². The second kappa shape index (κ2) is 8.58. The summed E-state index contributed by atoms with van der Waals surface area (Å²) in [6.07, 6.45) is 0.242. The molecule has 2 amide bonds. The molecule has 6 nitrogen and oxygen atoms in total. The summed E-state index contributed by atoms with van der Waals surface area (Å²) >= 11 is 0. The van der Waals surface area contributed by atoms with Crippen LogP contribution in [0.15, 0.2) is 48.5 Å². The minimum Gasteiger partial charge on any atom is -0.497 e. The molecule has 1 atom stereocenters. The van der Waals surface area contributed by atoms with Crippen LogP contribution in [0, 0.1) is 0 Å². The Morgan fingerprint density at radius 3 is 2.63 bits per heavy atom. The highest BCUT2D eigenvalue weighted by Crippen LogP contribution is 2.33. The third kappa shape index (κ3) is 4.78. The average molecular weight is 368 g/mol. The Kier molecular flexibility index (Phi) is 5.96. The van der Waals surface area contributed by atoms with Gasteiger partial charge < -0.3 is 19.7 Å². The molecular weight excluding hydrogens is 344 g/mol. The third-order valence-electron chi connectivity index (χ3n) is 4.44. The number of fused-ring (bicyclic) bond motifs is 1. The summed E-state index contributed by atoms with van der Waals surface area (Å²) in [4.78, 5) is 26.4. The first kappa shape index (κ1) is 18.8. The first-order valence-electron chi connectivity index (χ1n) is 9.02. The molecule has 0 saturated heterocycles. The molecule has 1 aliphatic heterocycles. The van der Waals surface area contributed by atoms with Crippen LogP contribution in [0.1, 0.15) is 25.3 Å². The highest BCUT2D eigenvalue weighted by molar-refractivity contribution is 5.97. The number of nitrogens with zero attached hydrogens (tertiary/aromatic N) is 1. The molecule has 1 N–H and O–H groups in total. The van der Waals surface area contributed by atoms with Crippen molar-refractivity contribution in [3.63, 3.8) is 0 Å². The molecule has 0 spiro atoms. The average Bonchev–Trinajstić information content (AvgIpc) is 2.70. The summed E-state index contributed by atoms with van der Waals surface area (Å²) in [6.45, 7) is 2.84. The number of para-hydroxylation sites is 2. The summed E-state index contributed by atoms with van der Waals surface area (Å²) in [5.74, 6) is 1.26. The first-order chi connectivity index (χ1) is 13.1. The molecular formula is C21H24N2O4. The SMILES string of the molecule is COc1ccc(CNC(=O)CCC(=O)N2C[C@@H](C)Oc3ccccc32)cc1. The zero-order chi connectivity index (χ0) is 19.2. The van der Waals surface area contributed by atoms with Crippen molar-refractivity contribution in [3.8, 4) is 11.5 Å². The summed E-state index contributed by atoms with van der Waals surface area (Å²) in [6, 6.07) is 15.0. The maximum atomic E-state index is 12.6. The number of anilines is 1. The lowest BCUT2D eigenvalue weighted by Gasteiger charge is -2.33. The lowest BCUT2D eigenvalue weighted by atomic mass is 10.1. The quantitative estimate of drug-likeness (QED) is 0.851. The molecule has 2 aromatic carbocycles. The van der Waals surface area contributed by atoms with Crippen molar-refractivity contribution in [1.29, 1.82) is 0 Å². The van der Waals surface area contributed by atoms with E-state index in [1.54, 1.807) is 12.0 Å². The van der Waals surface area contributed by atoms with E-state index in [9.17, 15) is 9.59 Å². The molecule has 3 rings (SSSR count). The molecule has 0 fully saturated rings. The number of benzene rings is 2. The Morgan fingerprint density at radius 1 is 1.15 bits per heavy atom. The summed E-state index contributed by atoms with van der Waals surface area (Å²) < 4.78 is 10.9. The molecule has 0 unspecified atom stereocenters. The number of rotatable bonds is 6. The molecule has 1 heterocycles. The van der Waals surface area contributed by atoms with E-state index in [0.29, 0.717) is 18.8 Å². The van der Waals surface area contributed by atoms with Gasteiger partial charge in [0.1, 0.15) is 17.6 Å². The van der Waals surface area contributed by atoms with Gasteiger partial charge in [-0.05, 0) is 36.8 Å². The molecule has 142 valence electrons. The monoisotopic (exact) mass is 368 g/mol. The van der Waals surface area contributed by atoms with Crippen molar-refractivity contribution in [2.24, 2.45) is 0 Å². The lowest BCUT2D eigenvalue weighted by Crippen LogP contribution is -2.42. The Bertz CT molecular complexity index is 804. The summed E-state index contributed by atoms with van der Waals surface area (Å²) in [5, 5.41) is 2.85. The van der Waals surface area contributed by atoms with Gasteiger partial charge in [-0.1, -0.05) is 24.3 Å². The maximum Gasteiger partial charge on any atom is 0.227 e. The summed E-state index contributed by atoms with van der Waals surface area (Å²) in [7, 11) is 1.61. The number of methoxy groups -OCH3 is 1. The van der Waals surface area contributed by atoms with E-state index >= 15 is 0 Å². The molecule has 0 radical (unpaired) electrons. The highest BCUT2D eigenvalue weighted by Gasteiger charge is 2.27. The van der Waals surface area contributed by atoms with Crippen molar-refractivity contribution in [3.05, 3.63) is 54.1 Å². The van der Waals surface area contributed by atoms with Gasteiger partial charge in [0.25, 0.3) is 0 Å². The molecule has 0 aliphatic carbocycles. The molecule has 2 aromatic rings. The number of hydrogen-bond acceptors (Lipinski definition) is 4. The summed E-state index contributed by atoms with van der Waals surface area (Å²) in [5.41, 5.74) is 1.74. The molecule has 1 aliphatic rings. The Labute approximate surface area is 159 Å². The second-order valence-electron chi connectivity index (χ2n) is 6.53. The third-order valence-corrected chi connectivity index (χ3v) is 4.44. The fourth-order valence-corrected chi connectivity index (χ4v) is 3.01. The van der Waals surface area contributed by atoms with Gasteiger partial charge in [-0.3, -0.25) is 9.59 Å². The zero-order valence-electron chi connectivity index (χ0n) is 15.6. The molecule has 0 aromatic heterocycles. The van der Waals surface area contributed by atoms with E-state index in [1.807, 2.05) is 55.5 Å². The Morgan fingerprint density at radius 2 is 1.89 bits per heavy atom. The topological polar surface area (TPSA) is 67.9 Å². The maximum absolute atomic E-state index is 12.6. The van der Waals surface area contributed by atoms with Gasteiger partial charge in [0, 0.05) is 19.4 Å². The smallest absolute Gasteiger partial charge is 0.227 e. The number of nitrogens with one attached hydrogen (secondary N) is 1. The van der Waals surface area contributed by atoms with Crippen LogP contribution in [-0.2, 0) is 16.1 Å². The van der Waals surface area contributed by atoms with Crippen LogP contribution < -0.4 is 19.7 Å². The van der Waals surface area contributed by atoms with Crippen molar-refractivity contribution in [2.75, 3.05) is 18.6 Å². The van der Waals surface area contributed by atoms with E-state index < -0.39 is 0 Å². The standard InChI is InChI=1S/C21H24N2O4/c1-15-14-23(18-5-3-4-6-19(18)27-15)21(25)12-11-20(24)22-13-16-7-9-17(26-2)10-8-16/h3-10,15H,11-14H2,1-2H3,(H,22,24)/t15-/m1/s1. The minimum absolute atomic E-state index is 0.0720. The minimum atomic E-state index is -0.145. The fraction of sp³-hybridized carbons (Fsp3) is 0.333. The molecule has 0 saturated carbocycles. The molecule has 6 heteroatoms. The van der Waals surface area contributed by atoms with E-state index in [4.69, 9.17) is 9.47 Å². The van der Waals surface area contributed by atoms with Crippen LogP contribution in [-0.4, -0.2) is 31.6 Å². The largest absolute Gasteiger partial charge is 0.497 e. The number of ether oxygens (including phenoxy) is 2. The van der Waals surface area contributed by atoms with Crippen molar-refractivity contribution in [1.82, 2.24) is 5.32 Å². The number of carbonyl (C=O) groups is 2. The Balaban J connectivity index is 1.50.